The normalized spacial score (nSPS) is 20.2. The van der Waals surface area contributed by atoms with E-state index in [0.717, 1.165) is 30.7 Å². The molecule has 0 saturated heterocycles. The molecule has 1 heterocycles. The molecular formula is C15H25N3O. The van der Waals surface area contributed by atoms with Gasteiger partial charge >= 0.3 is 0 Å². The first-order valence-corrected chi connectivity index (χ1v) is 7.37. The number of hydrogen-bond donors (Lipinski definition) is 1. The summed E-state index contributed by atoms with van der Waals surface area (Å²) in [6, 6.07) is 0.144. The highest BCUT2D eigenvalue weighted by atomic mass is 16.5. The molecule has 0 aromatic carbocycles. The topological polar surface area (TPSA) is 61.0 Å². The lowest BCUT2D eigenvalue weighted by Gasteiger charge is -2.35. The van der Waals surface area contributed by atoms with E-state index in [1.165, 1.54) is 19.3 Å². The Kier molecular flexibility index (Phi) is 4.88. The molecule has 0 amide bonds. The monoisotopic (exact) mass is 263 g/mol. The van der Waals surface area contributed by atoms with Crippen molar-refractivity contribution < 1.29 is 4.74 Å². The van der Waals surface area contributed by atoms with Crippen molar-refractivity contribution >= 4 is 0 Å². The highest BCUT2D eigenvalue weighted by molar-refractivity contribution is 5.11. The van der Waals surface area contributed by atoms with Gasteiger partial charge in [0.1, 0.15) is 5.60 Å². The van der Waals surface area contributed by atoms with Crippen LogP contribution in [-0.4, -0.2) is 22.6 Å². The molecular weight excluding hydrogens is 238 g/mol. The zero-order chi connectivity index (χ0) is 13.7. The van der Waals surface area contributed by atoms with E-state index in [0.29, 0.717) is 6.61 Å². The summed E-state index contributed by atoms with van der Waals surface area (Å²) < 4.78 is 6.03. The third kappa shape index (κ3) is 3.51. The first-order valence-electron chi connectivity index (χ1n) is 7.37. The van der Waals surface area contributed by atoms with Gasteiger partial charge in [-0.25, -0.2) is 9.97 Å². The summed E-state index contributed by atoms with van der Waals surface area (Å²) in [6.45, 7) is 4.75. The molecule has 1 atom stereocenters. The average molecular weight is 263 g/mol. The lowest BCUT2D eigenvalue weighted by atomic mass is 9.84. The Morgan fingerprint density at radius 1 is 1.26 bits per heavy atom. The first-order chi connectivity index (χ1) is 9.16. The minimum absolute atomic E-state index is 0.144. The number of rotatable bonds is 5. The molecule has 0 aliphatic heterocycles. The second kappa shape index (κ2) is 6.44. The fourth-order valence-corrected chi connectivity index (χ4v) is 2.90. The molecule has 0 radical (unpaired) electrons. The van der Waals surface area contributed by atoms with Crippen LogP contribution in [0.25, 0.3) is 0 Å². The molecule has 2 N–H and O–H groups in total. The van der Waals surface area contributed by atoms with Crippen LogP contribution in [0.4, 0.5) is 0 Å². The van der Waals surface area contributed by atoms with Gasteiger partial charge in [-0.15, -0.1) is 0 Å². The molecule has 4 heteroatoms. The average Bonchev–Trinajstić information content (AvgIpc) is 2.40. The Balaban J connectivity index is 2.17. The lowest BCUT2D eigenvalue weighted by molar-refractivity contribution is -0.0767. The van der Waals surface area contributed by atoms with Crippen molar-refractivity contribution in [1.29, 1.82) is 0 Å². The molecule has 4 nitrogen and oxygen atoms in total. The van der Waals surface area contributed by atoms with Gasteiger partial charge < -0.3 is 10.5 Å². The molecule has 1 aliphatic rings. The molecule has 1 aliphatic carbocycles. The maximum absolute atomic E-state index is 6.03. The Morgan fingerprint density at radius 2 is 1.89 bits per heavy atom. The van der Waals surface area contributed by atoms with Crippen LogP contribution in [0.3, 0.4) is 0 Å². The van der Waals surface area contributed by atoms with Gasteiger partial charge in [-0.1, -0.05) is 19.3 Å². The van der Waals surface area contributed by atoms with E-state index in [1.807, 2.05) is 26.2 Å². The van der Waals surface area contributed by atoms with Gasteiger partial charge in [-0.3, -0.25) is 0 Å². The van der Waals surface area contributed by atoms with Crippen molar-refractivity contribution in [2.45, 2.75) is 64.0 Å². The molecule has 1 aromatic heterocycles. The van der Waals surface area contributed by atoms with Crippen LogP contribution >= 0.6 is 0 Å². The first kappa shape index (κ1) is 14.4. The van der Waals surface area contributed by atoms with Crippen LogP contribution in [0.15, 0.2) is 12.4 Å². The van der Waals surface area contributed by atoms with E-state index in [2.05, 4.69) is 9.97 Å². The van der Waals surface area contributed by atoms with Crippen LogP contribution in [0.5, 0.6) is 0 Å². The van der Waals surface area contributed by atoms with Gasteiger partial charge in [0, 0.05) is 25.0 Å². The van der Waals surface area contributed by atoms with Crippen LogP contribution in [0.2, 0.25) is 0 Å². The summed E-state index contributed by atoms with van der Waals surface area (Å²) in [5, 5.41) is 0. The van der Waals surface area contributed by atoms with Gasteiger partial charge in [0.15, 0.2) is 5.82 Å². The molecule has 1 saturated carbocycles. The molecule has 1 aromatic rings. The zero-order valence-electron chi connectivity index (χ0n) is 12.1. The maximum atomic E-state index is 6.03. The van der Waals surface area contributed by atoms with Crippen molar-refractivity contribution in [3.8, 4) is 0 Å². The largest absolute Gasteiger partial charge is 0.367 e. The molecule has 1 fully saturated rings. The standard InChI is InChI=1S/C15H25N3O/c1-3-19-15(7-5-4-6-8-15)14-17-10-13(11-18-14)9-12(2)16/h10-12H,3-9,16H2,1-2H3. The van der Waals surface area contributed by atoms with E-state index >= 15 is 0 Å². The van der Waals surface area contributed by atoms with Crippen molar-refractivity contribution in [1.82, 2.24) is 9.97 Å². The Labute approximate surface area is 115 Å². The van der Waals surface area contributed by atoms with Crippen molar-refractivity contribution in [3.05, 3.63) is 23.8 Å². The van der Waals surface area contributed by atoms with Crippen LogP contribution in [-0.2, 0) is 16.8 Å². The Bertz CT molecular complexity index is 377. The molecule has 0 bridgehead atoms. The second-order valence-corrected chi connectivity index (χ2v) is 5.58. The van der Waals surface area contributed by atoms with E-state index in [-0.39, 0.29) is 11.6 Å². The number of aromatic nitrogens is 2. The Hall–Kier alpha value is -1.00. The summed E-state index contributed by atoms with van der Waals surface area (Å²) >= 11 is 0. The van der Waals surface area contributed by atoms with Gasteiger partial charge in [0.25, 0.3) is 0 Å². The summed E-state index contributed by atoms with van der Waals surface area (Å²) in [7, 11) is 0. The van der Waals surface area contributed by atoms with Gasteiger partial charge in [-0.05, 0) is 38.7 Å². The van der Waals surface area contributed by atoms with E-state index < -0.39 is 0 Å². The predicted octanol–water partition coefficient (Wildman–Crippen LogP) is 2.56. The van der Waals surface area contributed by atoms with E-state index in [9.17, 15) is 0 Å². The molecule has 1 unspecified atom stereocenters. The molecule has 0 spiro atoms. The fourth-order valence-electron chi connectivity index (χ4n) is 2.90. The van der Waals surface area contributed by atoms with Crippen LogP contribution in [0, 0.1) is 0 Å². The van der Waals surface area contributed by atoms with Crippen molar-refractivity contribution in [2.75, 3.05) is 6.61 Å². The lowest BCUT2D eigenvalue weighted by Crippen LogP contribution is -2.34. The third-order valence-corrected chi connectivity index (χ3v) is 3.75. The van der Waals surface area contributed by atoms with E-state index in [4.69, 9.17) is 10.5 Å². The smallest absolute Gasteiger partial charge is 0.160 e. The number of ether oxygens (including phenoxy) is 1. The van der Waals surface area contributed by atoms with Gasteiger partial charge in [0.05, 0.1) is 0 Å². The number of hydrogen-bond acceptors (Lipinski definition) is 4. The predicted molar refractivity (Wildman–Crippen MR) is 75.8 cm³/mol. The van der Waals surface area contributed by atoms with Crippen molar-refractivity contribution in [3.63, 3.8) is 0 Å². The summed E-state index contributed by atoms with van der Waals surface area (Å²) in [5.74, 6) is 0.850. The molecule has 2 rings (SSSR count). The molecule has 106 valence electrons. The maximum Gasteiger partial charge on any atom is 0.160 e. The summed E-state index contributed by atoms with van der Waals surface area (Å²) in [4.78, 5) is 9.11. The summed E-state index contributed by atoms with van der Waals surface area (Å²) in [6.07, 6.45) is 10.4. The minimum Gasteiger partial charge on any atom is -0.367 e. The third-order valence-electron chi connectivity index (χ3n) is 3.75. The minimum atomic E-state index is -0.250. The number of nitrogens with zero attached hydrogens (tertiary/aromatic N) is 2. The van der Waals surface area contributed by atoms with E-state index in [1.54, 1.807) is 0 Å². The van der Waals surface area contributed by atoms with Crippen LogP contribution in [0.1, 0.15) is 57.3 Å². The summed E-state index contributed by atoms with van der Waals surface area (Å²) in [5.41, 5.74) is 6.65. The molecule has 19 heavy (non-hydrogen) atoms. The quantitative estimate of drug-likeness (QED) is 0.887. The van der Waals surface area contributed by atoms with Crippen LogP contribution < -0.4 is 5.73 Å². The van der Waals surface area contributed by atoms with Crippen molar-refractivity contribution in [2.24, 2.45) is 5.73 Å². The fraction of sp³-hybridized carbons (Fsp3) is 0.733. The van der Waals surface area contributed by atoms with Gasteiger partial charge in [-0.2, -0.15) is 0 Å². The highest BCUT2D eigenvalue weighted by Crippen LogP contribution is 2.38. The zero-order valence-corrected chi connectivity index (χ0v) is 12.1. The second-order valence-electron chi connectivity index (χ2n) is 5.58. The van der Waals surface area contributed by atoms with Gasteiger partial charge in [0.2, 0.25) is 0 Å². The Morgan fingerprint density at radius 3 is 2.42 bits per heavy atom. The highest BCUT2D eigenvalue weighted by Gasteiger charge is 2.37. The SMILES string of the molecule is CCOC1(c2ncc(CC(C)N)cn2)CCCCC1. The number of nitrogens with two attached hydrogens (primary N) is 1.